The number of rotatable bonds is 8. The molecule has 0 saturated heterocycles. The average Bonchev–Trinajstić information content (AvgIpc) is 3.86. The van der Waals surface area contributed by atoms with Gasteiger partial charge in [0, 0.05) is 39.5 Å². The minimum Gasteiger partial charge on any atom is -0.355 e. The third kappa shape index (κ3) is 6.35. The van der Waals surface area contributed by atoms with Crippen LogP contribution in [0.15, 0.2) is 42.5 Å². The van der Waals surface area contributed by atoms with Gasteiger partial charge in [-0.15, -0.1) is 5.54 Å². The Bertz CT molecular complexity index is 2470. The minimum absolute atomic E-state index is 0.329. The Morgan fingerprint density at radius 2 is 1.11 bits per heavy atom. The number of aryl methyl sites for hydroxylation is 2. The van der Waals surface area contributed by atoms with Gasteiger partial charge in [0.25, 0.3) is 0 Å². The van der Waals surface area contributed by atoms with Gasteiger partial charge in [-0.1, -0.05) is 72.2 Å². The van der Waals surface area contributed by atoms with Crippen molar-refractivity contribution in [1.29, 1.82) is 0 Å². The second-order valence-corrected chi connectivity index (χ2v) is 21.9. The van der Waals surface area contributed by atoms with E-state index in [-0.39, 0.29) is 0 Å². The third-order valence-corrected chi connectivity index (χ3v) is 13.3. The summed E-state index contributed by atoms with van der Waals surface area (Å²) in [5.74, 6) is 4.25. The molecule has 3 aromatic heterocycles. The zero-order chi connectivity index (χ0) is 37.9. The van der Waals surface area contributed by atoms with Crippen LogP contribution in [0.3, 0.4) is 0 Å². The number of unbranched alkanes of at least 4 members (excludes halogenated alkanes) is 2. The largest absolute Gasteiger partial charge is 0.355 e. The lowest BCUT2D eigenvalue weighted by Gasteiger charge is -2.39. The minimum atomic E-state index is -1.49. The van der Waals surface area contributed by atoms with Crippen molar-refractivity contribution in [3.63, 3.8) is 0 Å². The van der Waals surface area contributed by atoms with E-state index in [1.807, 2.05) is 0 Å². The molecule has 5 heterocycles. The molecule has 2 N–H and O–H groups in total. The Balaban J connectivity index is 1.46. The van der Waals surface area contributed by atoms with Gasteiger partial charge >= 0.3 is 0 Å². The first-order chi connectivity index (χ1) is 26.0. The van der Waals surface area contributed by atoms with Crippen molar-refractivity contribution in [2.24, 2.45) is 0 Å². The molecule has 2 unspecified atom stereocenters. The highest BCUT2D eigenvalue weighted by Crippen LogP contribution is 2.56. The van der Waals surface area contributed by atoms with Gasteiger partial charge < -0.3 is 9.97 Å². The number of aromatic nitrogens is 4. The van der Waals surface area contributed by atoms with Crippen LogP contribution in [0, 0.1) is 11.5 Å². The topological polar surface area (TPSA) is 57.4 Å². The molecule has 9 rings (SSSR count). The summed E-state index contributed by atoms with van der Waals surface area (Å²) in [5.41, 5.74) is 28.1. The maximum absolute atomic E-state index is 5.48. The van der Waals surface area contributed by atoms with E-state index < -0.39 is 8.07 Å². The number of benzene rings is 1. The van der Waals surface area contributed by atoms with Crippen LogP contribution in [0.4, 0.5) is 0 Å². The summed E-state index contributed by atoms with van der Waals surface area (Å²) in [4.78, 5) is 18.9. The van der Waals surface area contributed by atoms with E-state index in [0.29, 0.717) is 11.8 Å². The normalized spacial score (nSPS) is 17.5. The van der Waals surface area contributed by atoms with Gasteiger partial charge in [0.2, 0.25) is 0 Å². The highest BCUT2D eigenvalue weighted by Gasteiger charge is 2.40. The second-order valence-electron chi connectivity index (χ2n) is 17.2. The SMILES string of the molecule is CCCCC1=C(C)c2cc3[nH]c(cc4nc(cc5[nH]c(cc1n2)c(CC)c5CC)C(CCCC)=C4C)c1c3C2CCC1c1cc(C#C[Si](C)(C)C)ccc12. The van der Waals surface area contributed by atoms with Gasteiger partial charge in [-0.3, -0.25) is 0 Å². The molecule has 0 amide bonds. The zero-order valence-electron chi connectivity index (χ0n) is 34.2. The van der Waals surface area contributed by atoms with Crippen LogP contribution in [-0.2, 0) is 12.8 Å². The fourth-order valence-corrected chi connectivity index (χ4v) is 10.2. The predicted octanol–water partition coefficient (Wildman–Crippen LogP) is 13.3. The van der Waals surface area contributed by atoms with Crippen molar-refractivity contribution in [1.82, 2.24) is 19.9 Å². The Hall–Kier alpha value is -4.40. The molecule has 0 spiro atoms. The van der Waals surface area contributed by atoms with E-state index in [4.69, 9.17) is 9.97 Å². The lowest BCUT2D eigenvalue weighted by molar-refractivity contribution is 0.527. The predicted molar refractivity (Wildman–Crippen MR) is 233 cm³/mol. The summed E-state index contributed by atoms with van der Waals surface area (Å²) >= 11 is 0. The number of H-pyrrole nitrogens is 2. The van der Waals surface area contributed by atoms with Crippen LogP contribution in [-0.4, -0.2) is 28.0 Å². The van der Waals surface area contributed by atoms with Gasteiger partial charge in [0.15, 0.2) is 0 Å². The average molecular weight is 731 g/mol. The molecule has 54 heavy (non-hydrogen) atoms. The molecule has 5 heteroatoms. The summed E-state index contributed by atoms with van der Waals surface area (Å²) in [6.07, 6.45) is 11.0. The number of allylic oxidation sites excluding steroid dienone is 4. The van der Waals surface area contributed by atoms with Crippen LogP contribution in [0.1, 0.15) is 166 Å². The monoisotopic (exact) mass is 730 g/mol. The van der Waals surface area contributed by atoms with Gasteiger partial charge in [-0.05, 0) is 157 Å². The highest BCUT2D eigenvalue weighted by atomic mass is 28.3. The van der Waals surface area contributed by atoms with Crippen LogP contribution >= 0.6 is 0 Å². The van der Waals surface area contributed by atoms with Gasteiger partial charge in [0.05, 0.1) is 22.8 Å². The number of aromatic amines is 2. The molecule has 1 aromatic carbocycles. The van der Waals surface area contributed by atoms with Crippen molar-refractivity contribution in [3.05, 3.63) is 104 Å². The second kappa shape index (κ2) is 14.3. The number of nitrogens with one attached hydrogen (secondary N) is 2. The quantitative estimate of drug-likeness (QED) is 0.140. The lowest BCUT2D eigenvalue weighted by atomic mass is 9.64. The van der Waals surface area contributed by atoms with Gasteiger partial charge in [-0.25, -0.2) is 9.97 Å². The third-order valence-electron chi connectivity index (χ3n) is 12.5. The van der Waals surface area contributed by atoms with Crippen molar-refractivity contribution < 1.29 is 0 Å². The molecular weight excluding hydrogens is 673 g/mol. The van der Waals surface area contributed by atoms with Gasteiger partial charge in [-0.2, -0.15) is 0 Å². The number of hydrogen-bond donors (Lipinski definition) is 2. The molecule has 278 valence electrons. The lowest BCUT2D eigenvalue weighted by Crippen LogP contribution is -2.24. The standard InChI is InChI=1S/C49H58N4Si/c1-10-14-16-34-29(5)40-25-46-48-37-20-21-38(39-24-31(18-19-36(37)39)22-23-54(7,8)9)49(48)47(53-46)26-41-30(6)35(17-15-11-2)45(51-41)28-43-33(13-4)32(12-3)42(52-43)27-44(34)50-40/h18-19,24-28,37-38,52-53H,10-17,20-21H2,1-9H3. The van der Waals surface area contributed by atoms with Crippen molar-refractivity contribution in [2.75, 3.05) is 0 Å². The molecule has 2 aliphatic heterocycles. The van der Waals surface area contributed by atoms with Crippen LogP contribution in [0.5, 0.6) is 0 Å². The first kappa shape index (κ1) is 36.6. The molecule has 10 bridgehead atoms. The molecule has 2 atom stereocenters. The van der Waals surface area contributed by atoms with E-state index >= 15 is 0 Å². The summed E-state index contributed by atoms with van der Waals surface area (Å²) in [5, 5.41) is 0. The maximum Gasteiger partial charge on any atom is 0.129 e. The number of hydrogen-bond acceptors (Lipinski definition) is 2. The summed E-state index contributed by atoms with van der Waals surface area (Å²) in [7, 11) is -1.49. The van der Waals surface area contributed by atoms with E-state index in [9.17, 15) is 0 Å². The van der Waals surface area contributed by atoms with E-state index in [1.165, 1.54) is 84.2 Å². The Kier molecular flexibility index (Phi) is 9.72. The molecule has 0 saturated carbocycles. The molecule has 4 aromatic rings. The van der Waals surface area contributed by atoms with Crippen LogP contribution < -0.4 is 0 Å². The maximum atomic E-state index is 5.48. The highest BCUT2D eigenvalue weighted by molar-refractivity contribution is 6.83. The summed E-state index contributed by atoms with van der Waals surface area (Å²) in [6, 6.07) is 16.6. The Morgan fingerprint density at radius 3 is 1.59 bits per heavy atom. The molecule has 0 fully saturated rings. The van der Waals surface area contributed by atoms with Crippen molar-refractivity contribution >= 4 is 52.4 Å². The van der Waals surface area contributed by atoms with Crippen LogP contribution in [0.2, 0.25) is 19.6 Å². The molecular formula is C49H58N4Si. The van der Waals surface area contributed by atoms with Crippen molar-refractivity contribution in [3.8, 4) is 11.5 Å². The Morgan fingerprint density at radius 1 is 0.630 bits per heavy atom. The van der Waals surface area contributed by atoms with E-state index in [2.05, 4.69) is 125 Å². The summed E-state index contributed by atoms with van der Waals surface area (Å²) in [6.45, 7) is 20.7. The fourth-order valence-electron chi connectivity index (χ4n) is 9.66. The zero-order valence-corrected chi connectivity index (χ0v) is 35.2. The molecule has 5 aliphatic rings. The molecule has 4 nitrogen and oxygen atoms in total. The first-order valence-corrected chi connectivity index (χ1v) is 24.4. The first-order valence-electron chi connectivity index (χ1n) is 20.9. The van der Waals surface area contributed by atoms with Crippen LogP contribution in [0.25, 0.3) is 44.4 Å². The van der Waals surface area contributed by atoms with Gasteiger partial charge in [0.1, 0.15) is 8.07 Å². The Labute approximate surface area is 324 Å². The fraction of sp³-hybridized carbons (Fsp3) is 0.429. The van der Waals surface area contributed by atoms with Crippen molar-refractivity contribution in [2.45, 2.75) is 137 Å². The number of fused-ring (bicyclic) bond motifs is 9. The smallest absolute Gasteiger partial charge is 0.129 e. The summed E-state index contributed by atoms with van der Waals surface area (Å²) < 4.78 is 0. The molecule has 3 aliphatic carbocycles. The van der Waals surface area contributed by atoms with E-state index in [1.54, 1.807) is 0 Å². The number of nitrogens with zero attached hydrogens (tertiary/aromatic N) is 2. The van der Waals surface area contributed by atoms with E-state index in [0.717, 1.165) is 86.1 Å². The molecule has 0 radical (unpaired) electrons.